The average Bonchev–Trinajstić information content (AvgIpc) is 2.82. The van der Waals surface area contributed by atoms with Crippen LogP contribution in [0, 0.1) is 0 Å². The van der Waals surface area contributed by atoms with Crippen LogP contribution in [-0.2, 0) is 0 Å². The van der Waals surface area contributed by atoms with Crippen LogP contribution >= 0.6 is 23.5 Å². The third kappa shape index (κ3) is 3.03. The molecule has 1 aromatic rings. The first-order valence-electron chi connectivity index (χ1n) is 6.68. The molecule has 2 fully saturated rings. The summed E-state index contributed by atoms with van der Waals surface area (Å²) >= 11 is 4.24. The molecule has 1 N–H and O–H groups in total. The van der Waals surface area contributed by atoms with Gasteiger partial charge in [0.25, 0.3) is 0 Å². The van der Waals surface area contributed by atoms with E-state index >= 15 is 0 Å². The number of hydrogen-bond acceptors (Lipinski definition) is 5. The van der Waals surface area contributed by atoms with Crippen LogP contribution in [0.5, 0.6) is 0 Å². The number of hydrogen-bond donors (Lipinski definition) is 1. The van der Waals surface area contributed by atoms with Crippen molar-refractivity contribution >= 4 is 23.5 Å². The van der Waals surface area contributed by atoms with Crippen LogP contribution in [0.25, 0.3) is 0 Å². The fourth-order valence-electron chi connectivity index (χ4n) is 2.79. The molecule has 0 bridgehead atoms. The summed E-state index contributed by atoms with van der Waals surface area (Å²) in [6, 6.07) is 0.758. The van der Waals surface area contributed by atoms with E-state index in [1.165, 1.54) is 42.4 Å². The molecule has 18 heavy (non-hydrogen) atoms. The van der Waals surface area contributed by atoms with Gasteiger partial charge in [-0.05, 0) is 19.4 Å². The summed E-state index contributed by atoms with van der Waals surface area (Å²) in [6.07, 6.45) is 4.17. The highest BCUT2D eigenvalue weighted by atomic mass is 32.2. The fourth-order valence-corrected chi connectivity index (χ4v) is 5.42. The zero-order valence-corrected chi connectivity index (χ0v) is 12.2. The lowest BCUT2D eigenvalue weighted by Crippen LogP contribution is -2.44. The Bertz CT molecular complexity index is 349. The van der Waals surface area contributed by atoms with Crippen molar-refractivity contribution in [3.8, 4) is 0 Å². The van der Waals surface area contributed by atoms with Crippen LogP contribution in [0.2, 0.25) is 0 Å². The number of likely N-dealkylation sites (tertiary alicyclic amines) is 1. The van der Waals surface area contributed by atoms with Crippen molar-refractivity contribution in [3.63, 3.8) is 0 Å². The number of aromatic amines is 1. The molecule has 3 heterocycles. The monoisotopic (exact) mass is 284 g/mol. The summed E-state index contributed by atoms with van der Waals surface area (Å²) in [7, 11) is 0. The molecule has 6 heteroatoms. The van der Waals surface area contributed by atoms with Crippen molar-refractivity contribution in [1.82, 2.24) is 20.1 Å². The number of piperidine rings is 1. The van der Waals surface area contributed by atoms with E-state index in [9.17, 15) is 0 Å². The molecular weight excluding hydrogens is 264 g/mol. The van der Waals surface area contributed by atoms with Gasteiger partial charge in [0, 0.05) is 41.5 Å². The van der Waals surface area contributed by atoms with E-state index in [-0.39, 0.29) is 0 Å². The first-order valence-corrected chi connectivity index (χ1v) is 8.99. The Labute approximate surface area is 117 Å². The Morgan fingerprint density at radius 3 is 2.83 bits per heavy atom. The molecule has 1 aromatic heterocycles. The van der Waals surface area contributed by atoms with Crippen LogP contribution in [0.1, 0.15) is 24.6 Å². The largest absolute Gasteiger partial charge is 0.298 e. The Kier molecular flexibility index (Phi) is 4.49. The van der Waals surface area contributed by atoms with Gasteiger partial charge in [0.15, 0.2) is 0 Å². The fraction of sp³-hybridized carbons (Fsp3) is 0.833. The van der Waals surface area contributed by atoms with E-state index in [1.807, 2.05) is 0 Å². The van der Waals surface area contributed by atoms with Gasteiger partial charge in [-0.25, -0.2) is 4.98 Å². The molecule has 0 saturated carbocycles. The molecular formula is C12H20N4S2. The quantitative estimate of drug-likeness (QED) is 0.898. The van der Waals surface area contributed by atoms with Crippen molar-refractivity contribution in [2.75, 3.05) is 36.1 Å². The minimum absolute atomic E-state index is 0.555. The molecule has 0 aromatic carbocycles. The highest BCUT2D eigenvalue weighted by Gasteiger charge is 2.28. The van der Waals surface area contributed by atoms with Gasteiger partial charge in [0.1, 0.15) is 12.2 Å². The van der Waals surface area contributed by atoms with Crippen molar-refractivity contribution in [3.05, 3.63) is 12.2 Å². The van der Waals surface area contributed by atoms with Crippen molar-refractivity contribution in [2.45, 2.75) is 24.8 Å². The van der Waals surface area contributed by atoms with Gasteiger partial charge in [-0.1, -0.05) is 0 Å². The van der Waals surface area contributed by atoms with Gasteiger partial charge in [-0.3, -0.25) is 10.00 Å². The molecule has 4 nitrogen and oxygen atoms in total. The third-order valence-corrected chi connectivity index (χ3v) is 6.27. The summed E-state index contributed by atoms with van der Waals surface area (Å²) in [4.78, 5) is 7.02. The summed E-state index contributed by atoms with van der Waals surface area (Å²) in [5, 5.41) is 7.03. The number of thioether (sulfide) groups is 2. The summed E-state index contributed by atoms with van der Waals surface area (Å²) < 4.78 is 0. The maximum atomic E-state index is 4.33. The number of nitrogens with one attached hydrogen (secondary N) is 1. The number of H-pyrrole nitrogens is 1. The van der Waals surface area contributed by atoms with Crippen molar-refractivity contribution in [2.24, 2.45) is 0 Å². The molecule has 2 aliphatic heterocycles. The lowest BCUT2D eigenvalue weighted by molar-refractivity contribution is 0.170. The summed E-state index contributed by atoms with van der Waals surface area (Å²) in [5.74, 6) is 6.88. The average molecular weight is 284 g/mol. The second-order valence-electron chi connectivity index (χ2n) is 5.01. The molecule has 2 saturated heterocycles. The summed E-state index contributed by atoms with van der Waals surface area (Å²) in [6.45, 7) is 2.41. The Balaban J connectivity index is 1.62. The van der Waals surface area contributed by atoms with Crippen LogP contribution in [0.15, 0.2) is 6.33 Å². The van der Waals surface area contributed by atoms with Gasteiger partial charge in [0.2, 0.25) is 0 Å². The normalized spacial score (nSPS) is 28.1. The van der Waals surface area contributed by atoms with Crippen molar-refractivity contribution in [1.29, 1.82) is 0 Å². The van der Waals surface area contributed by atoms with Crippen molar-refractivity contribution < 1.29 is 0 Å². The third-order valence-electron chi connectivity index (χ3n) is 3.78. The van der Waals surface area contributed by atoms with Crippen LogP contribution in [0.4, 0.5) is 0 Å². The number of nitrogens with zero attached hydrogens (tertiary/aromatic N) is 3. The molecule has 3 rings (SSSR count). The van der Waals surface area contributed by atoms with Crippen LogP contribution < -0.4 is 0 Å². The smallest absolute Gasteiger partial charge is 0.137 e. The topological polar surface area (TPSA) is 44.8 Å². The lowest BCUT2D eigenvalue weighted by atomic mass is 9.96. The van der Waals surface area contributed by atoms with Gasteiger partial charge in [-0.2, -0.15) is 28.6 Å². The first-order chi connectivity index (χ1) is 8.93. The first kappa shape index (κ1) is 12.8. The van der Waals surface area contributed by atoms with Gasteiger partial charge < -0.3 is 0 Å². The predicted molar refractivity (Wildman–Crippen MR) is 78.4 cm³/mol. The Morgan fingerprint density at radius 2 is 2.11 bits per heavy atom. The minimum Gasteiger partial charge on any atom is -0.298 e. The molecule has 0 spiro atoms. The Hall–Kier alpha value is -0.200. The molecule has 100 valence electrons. The highest BCUT2D eigenvalue weighted by Crippen LogP contribution is 2.28. The molecule has 1 atom stereocenters. The predicted octanol–water partition coefficient (Wildman–Crippen LogP) is 1.83. The molecule has 0 amide bonds. The highest BCUT2D eigenvalue weighted by molar-refractivity contribution is 8.03. The van der Waals surface area contributed by atoms with E-state index in [1.54, 1.807) is 6.33 Å². The van der Waals surface area contributed by atoms with E-state index < -0.39 is 0 Å². The van der Waals surface area contributed by atoms with E-state index in [2.05, 4.69) is 43.6 Å². The molecule has 0 radical (unpaired) electrons. The van der Waals surface area contributed by atoms with Gasteiger partial charge >= 0.3 is 0 Å². The molecule has 0 unspecified atom stereocenters. The van der Waals surface area contributed by atoms with E-state index in [0.717, 1.165) is 18.4 Å². The number of rotatable bonds is 2. The lowest BCUT2D eigenvalue weighted by Gasteiger charge is -2.37. The maximum Gasteiger partial charge on any atom is 0.137 e. The Morgan fingerprint density at radius 1 is 1.28 bits per heavy atom. The molecule has 0 aliphatic carbocycles. The zero-order valence-electron chi connectivity index (χ0n) is 10.5. The zero-order chi connectivity index (χ0) is 12.2. The molecule has 2 aliphatic rings. The number of aromatic nitrogens is 3. The van der Waals surface area contributed by atoms with Gasteiger partial charge in [-0.15, -0.1) is 0 Å². The minimum atomic E-state index is 0.555. The maximum absolute atomic E-state index is 4.33. The second-order valence-corrected chi connectivity index (χ2v) is 7.31. The van der Waals surface area contributed by atoms with Crippen LogP contribution in [-0.4, -0.2) is 62.2 Å². The standard InChI is InChI=1S/C12H20N4S2/c1-2-10(12-13-9-14-15-12)6-16(3-1)11-7-17-4-5-18-8-11/h9-11H,1-8H2,(H,13,14,15)/t10-/m1/s1. The van der Waals surface area contributed by atoms with E-state index in [0.29, 0.717) is 5.92 Å². The SMILES string of the molecule is c1n[nH]c([C@@H]2CCCN(C3CSCCSC3)C2)n1. The summed E-state index contributed by atoms with van der Waals surface area (Å²) in [5.41, 5.74) is 0. The van der Waals surface area contributed by atoms with E-state index in [4.69, 9.17) is 0 Å². The second kappa shape index (κ2) is 6.30. The van der Waals surface area contributed by atoms with Gasteiger partial charge in [0.05, 0.1) is 0 Å². The van der Waals surface area contributed by atoms with Crippen LogP contribution in [0.3, 0.4) is 0 Å².